The van der Waals surface area contributed by atoms with Crippen LogP contribution >= 0.6 is 0 Å². The Morgan fingerprint density at radius 2 is 2.14 bits per heavy atom. The quantitative estimate of drug-likeness (QED) is 0.660. The molecule has 1 fully saturated rings. The van der Waals surface area contributed by atoms with Crippen molar-refractivity contribution in [2.45, 2.75) is 25.7 Å². The van der Waals surface area contributed by atoms with Crippen LogP contribution in [0.3, 0.4) is 0 Å². The largest absolute Gasteiger partial charge is 0.265 e. The fourth-order valence-electron chi connectivity index (χ4n) is 1.98. The molecule has 1 saturated carbocycles. The molecule has 1 heteroatoms. The Balaban J connectivity index is 1.98. The SMILES string of the molecule is C#CC(Cc1ccncc1)C1CCC1. The molecule has 1 aromatic heterocycles. The molecule has 0 aromatic carbocycles. The van der Waals surface area contributed by atoms with Gasteiger partial charge in [0.25, 0.3) is 0 Å². The lowest BCUT2D eigenvalue weighted by Crippen LogP contribution is -2.22. The second-order valence-corrected chi connectivity index (χ2v) is 4.02. The zero-order valence-corrected chi connectivity index (χ0v) is 8.32. The van der Waals surface area contributed by atoms with Gasteiger partial charge in [0.1, 0.15) is 0 Å². The molecule has 1 atom stereocenters. The fourth-order valence-corrected chi connectivity index (χ4v) is 1.98. The molecule has 1 heterocycles. The van der Waals surface area contributed by atoms with Crippen LogP contribution in [-0.4, -0.2) is 4.98 Å². The normalized spacial score (nSPS) is 18.2. The van der Waals surface area contributed by atoms with Gasteiger partial charge >= 0.3 is 0 Å². The maximum atomic E-state index is 5.57. The standard InChI is InChI=1S/C13H15N/c1-2-12(13-4-3-5-13)10-11-6-8-14-9-7-11/h1,6-9,12-13H,3-5,10H2. The molecule has 1 aliphatic rings. The highest BCUT2D eigenvalue weighted by atomic mass is 14.6. The molecule has 72 valence electrons. The molecule has 1 aliphatic carbocycles. The summed E-state index contributed by atoms with van der Waals surface area (Å²) >= 11 is 0. The summed E-state index contributed by atoms with van der Waals surface area (Å²) in [6, 6.07) is 4.12. The van der Waals surface area contributed by atoms with Crippen molar-refractivity contribution >= 4 is 0 Å². The number of nitrogens with zero attached hydrogens (tertiary/aromatic N) is 1. The molecule has 0 spiro atoms. The zero-order valence-electron chi connectivity index (χ0n) is 8.32. The summed E-state index contributed by atoms with van der Waals surface area (Å²) in [4.78, 5) is 4.01. The van der Waals surface area contributed by atoms with Crippen molar-refractivity contribution in [2.75, 3.05) is 0 Å². The van der Waals surface area contributed by atoms with E-state index >= 15 is 0 Å². The van der Waals surface area contributed by atoms with Crippen LogP contribution in [0.5, 0.6) is 0 Å². The van der Waals surface area contributed by atoms with Gasteiger partial charge in [-0.2, -0.15) is 0 Å². The van der Waals surface area contributed by atoms with Crippen LogP contribution in [0.25, 0.3) is 0 Å². The van der Waals surface area contributed by atoms with E-state index in [0.717, 1.165) is 12.3 Å². The first kappa shape index (κ1) is 9.27. The molecular weight excluding hydrogens is 170 g/mol. The number of hydrogen-bond acceptors (Lipinski definition) is 1. The van der Waals surface area contributed by atoms with Crippen LogP contribution in [0.1, 0.15) is 24.8 Å². The van der Waals surface area contributed by atoms with Crippen molar-refractivity contribution in [2.24, 2.45) is 11.8 Å². The maximum Gasteiger partial charge on any atom is 0.0270 e. The van der Waals surface area contributed by atoms with Gasteiger partial charge < -0.3 is 0 Å². The molecule has 2 rings (SSSR count). The van der Waals surface area contributed by atoms with Crippen LogP contribution < -0.4 is 0 Å². The van der Waals surface area contributed by atoms with Crippen LogP contribution in [0.2, 0.25) is 0 Å². The van der Waals surface area contributed by atoms with Crippen LogP contribution in [0.15, 0.2) is 24.5 Å². The van der Waals surface area contributed by atoms with Crippen LogP contribution in [0.4, 0.5) is 0 Å². The lowest BCUT2D eigenvalue weighted by Gasteiger charge is -2.30. The number of terminal acetylenes is 1. The van der Waals surface area contributed by atoms with E-state index in [1.54, 1.807) is 0 Å². The summed E-state index contributed by atoms with van der Waals surface area (Å²) in [5, 5.41) is 0. The summed E-state index contributed by atoms with van der Waals surface area (Å²) in [6.07, 6.45) is 14.3. The van der Waals surface area contributed by atoms with Crippen molar-refractivity contribution in [3.05, 3.63) is 30.1 Å². The Morgan fingerprint density at radius 1 is 1.43 bits per heavy atom. The molecule has 0 radical (unpaired) electrons. The van der Waals surface area contributed by atoms with E-state index in [0.29, 0.717) is 5.92 Å². The molecule has 0 saturated heterocycles. The van der Waals surface area contributed by atoms with E-state index in [9.17, 15) is 0 Å². The first-order valence-corrected chi connectivity index (χ1v) is 5.25. The zero-order chi connectivity index (χ0) is 9.80. The van der Waals surface area contributed by atoms with Gasteiger partial charge in [-0.05, 0) is 42.9 Å². The van der Waals surface area contributed by atoms with E-state index in [2.05, 4.69) is 23.0 Å². The predicted molar refractivity (Wildman–Crippen MR) is 57.6 cm³/mol. The van der Waals surface area contributed by atoms with Gasteiger partial charge in [0.2, 0.25) is 0 Å². The lowest BCUT2D eigenvalue weighted by atomic mass is 9.74. The molecule has 0 bridgehead atoms. The van der Waals surface area contributed by atoms with Crippen molar-refractivity contribution in [3.63, 3.8) is 0 Å². The average molecular weight is 185 g/mol. The predicted octanol–water partition coefficient (Wildman–Crippen LogP) is 2.67. The fraction of sp³-hybridized carbons (Fsp3) is 0.462. The highest BCUT2D eigenvalue weighted by molar-refractivity contribution is 5.14. The molecule has 0 N–H and O–H groups in total. The first-order valence-electron chi connectivity index (χ1n) is 5.25. The van der Waals surface area contributed by atoms with Crippen LogP contribution in [0, 0.1) is 24.2 Å². The molecule has 1 aromatic rings. The number of hydrogen-bond donors (Lipinski definition) is 0. The van der Waals surface area contributed by atoms with E-state index in [1.807, 2.05) is 12.4 Å². The van der Waals surface area contributed by atoms with Gasteiger partial charge in [0.05, 0.1) is 0 Å². The highest BCUT2D eigenvalue weighted by Gasteiger charge is 2.25. The topological polar surface area (TPSA) is 12.9 Å². The Kier molecular flexibility index (Phi) is 2.84. The number of rotatable bonds is 3. The third-order valence-electron chi connectivity index (χ3n) is 3.14. The smallest absolute Gasteiger partial charge is 0.0270 e. The summed E-state index contributed by atoms with van der Waals surface area (Å²) in [5.41, 5.74) is 1.31. The van der Waals surface area contributed by atoms with Gasteiger partial charge in [0, 0.05) is 18.3 Å². The van der Waals surface area contributed by atoms with E-state index in [-0.39, 0.29) is 0 Å². The van der Waals surface area contributed by atoms with Gasteiger partial charge in [-0.15, -0.1) is 12.3 Å². The van der Waals surface area contributed by atoms with Gasteiger partial charge in [-0.1, -0.05) is 6.42 Å². The van der Waals surface area contributed by atoms with E-state index in [4.69, 9.17) is 6.42 Å². The number of pyridine rings is 1. The Morgan fingerprint density at radius 3 is 2.64 bits per heavy atom. The van der Waals surface area contributed by atoms with Gasteiger partial charge in [0.15, 0.2) is 0 Å². The molecule has 1 unspecified atom stereocenters. The summed E-state index contributed by atoms with van der Waals surface area (Å²) in [6.45, 7) is 0. The molecular formula is C13H15N. The first-order chi connectivity index (χ1) is 6.90. The maximum absolute atomic E-state index is 5.57. The van der Waals surface area contributed by atoms with Crippen molar-refractivity contribution < 1.29 is 0 Å². The molecule has 0 amide bonds. The van der Waals surface area contributed by atoms with Crippen molar-refractivity contribution in [3.8, 4) is 12.3 Å². The summed E-state index contributed by atoms with van der Waals surface area (Å²) < 4.78 is 0. The van der Waals surface area contributed by atoms with Crippen molar-refractivity contribution in [1.82, 2.24) is 4.98 Å². The summed E-state index contributed by atoms with van der Waals surface area (Å²) in [5.74, 6) is 4.14. The van der Waals surface area contributed by atoms with E-state index in [1.165, 1.54) is 24.8 Å². The second-order valence-electron chi connectivity index (χ2n) is 4.02. The molecule has 0 aliphatic heterocycles. The second kappa shape index (κ2) is 4.28. The highest BCUT2D eigenvalue weighted by Crippen LogP contribution is 2.34. The minimum absolute atomic E-state index is 0.436. The third-order valence-corrected chi connectivity index (χ3v) is 3.14. The van der Waals surface area contributed by atoms with Gasteiger partial charge in [-0.3, -0.25) is 4.98 Å². The number of aromatic nitrogens is 1. The van der Waals surface area contributed by atoms with Crippen LogP contribution in [-0.2, 0) is 6.42 Å². The van der Waals surface area contributed by atoms with E-state index < -0.39 is 0 Å². The third kappa shape index (κ3) is 1.96. The minimum atomic E-state index is 0.436. The Bertz CT molecular complexity index is 319. The minimum Gasteiger partial charge on any atom is -0.265 e. The average Bonchev–Trinajstić information content (AvgIpc) is 2.15. The Hall–Kier alpha value is -1.29. The molecule has 14 heavy (non-hydrogen) atoms. The molecule has 1 nitrogen and oxygen atoms in total. The van der Waals surface area contributed by atoms with Crippen molar-refractivity contribution in [1.29, 1.82) is 0 Å². The summed E-state index contributed by atoms with van der Waals surface area (Å²) in [7, 11) is 0. The Labute approximate surface area is 85.6 Å². The monoisotopic (exact) mass is 185 g/mol. The lowest BCUT2D eigenvalue weighted by molar-refractivity contribution is 0.247. The van der Waals surface area contributed by atoms with Gasteiger partial charge in [-0.25, -0.2) is 0 Å².